The summed E-state index contributed by atoms with van der Waals surface area (Å²) in [6.45, 7) is 2.10. The van der Waals surface area contributed by atoms with Crippen molar-refractivity contribution in [1.29, 1.82) is 5.41 Å². The fourth-order valence-electron chi connectivity index (χ4n) is 4.76. The van der Waals surface area contributed by atoms with Gasteiger partial charge in [0.15, 0.2) is 11.5 Å². The number of likely N-dealkylation sites (tertiary alicyclic amines) is 1. The van der Waals surface area contributed by atoms with Crippen LogP contribution in [0.5, 0.6) is 11.5 Å². The van der Waals surface area contributed by atoms with Crippen LogP contribution in [0.4, 0.5) is 0 Å². The molecule has 3 aromatic rings. The van der Waals surface area contributed by atoms with E-state index in [4.69, 9.17) is 25.4 Å². The van der Waals surface area contributed by atoms with Gasteiger partial charge >= 0.3 is 5.97 Å². The molecule has 204 valence electrons. The van der Waals surface area contributed by atoms with Crippen LogP contribution in [0, 0.1) is 5.41 Å². The predicted octanol–water partition coefficient (Wildman–Crippen LogP) is 1.91. The number of nitrogens with zero attached hydrogens (tertiary/aromatic N) is 1. The largest absolute Gasteiger partial charge is 0.464 e. The number of amidine groups is 1. The van der Waals surface area contributed by atoms with Crippen LogP contribution in [-0.4, -0.2) is 63.1 Å². The van der Waals surface area contributed by atoms with Crippen LogP contribution < -0.4 is 19.9 Å². The molecule has 1 saturated heterocycles. The molecule has 0 aliphatic carbocycles. The normalized spacial score (nSPS) is 17.4. The van der Waals surface area contributed by atoms with Crippen molar-refractivity contribution in [2.45, 2.75) is 36.7 Å². The van der Waals surface area contributed by atoms with Crippen molar-refractivity contribution < 1.29 is 32.2 Å². The summed E-state index contributed by atoms with van der Waals surface area (Å²) in [5.41, 5.74) is 6.80. The summed E-state index contributed by atoms with van der Waals surface area (Å²) in [5, 5.41) is 8.98. The Kier molecular flexibility index (Phi) is 7.15. The molecule has 2 heterocycles. The van der Waals surface area contributed by atoms with E-state index in [-0.39, 0.29) is 43.5 Å². The number of nitrogens with two attached hydrogens (primary N) is 1. The second kappa shape index (κ2) is 10.5. The maximum atomic E-state index is 13.4. The van der Waals surface area contributed by atoms with Crippen molar-refractivity contribution in [3.05, 3.63) is 65.7 Å². The number of nitrogens with one attached hydrogen (secondary N) is 2. The van der Waals surface area contributed by atoms with Crippen LogP contribution in [0.25, 0.3) is 10.8 Å². The summed E-state index contributed by atoms with van der Waals surface area (Å²) in [6.07, 6.45) is 0.368. The predicted molar refractivity (Wildman–Crippen MR) is 142 cm³/mol. The first kappa shape index (κ1) is 26.4. The minimum absolute atomic E-state index is 0.00705. The van der Waals surface area contributed by atoms with E-state index in [2.05, 4.69) is 4.72 Å². The summed E-state index contributed by atoms with van der Waals surface area (Å²) in [7, 11) is -4.05. The number of amides is 1. The van der Waals surface area contributed by atoms with E-state index in [0.29, 0.717) is 22.4 Å². The number of esters is 1. The Balaban J connectivity index is 1.33. The lowest BCUT2D eigenvalue weighted by Crippen LogP contribution is -2.48. The monoisotopic (exact) mass is 552 g/mol. The number of carbonyl (C=O) groups is 2. The molecule has 1 amide bonds. The van der Waals surface area contributed by atoms with Gasteiger partial charge in [0.2, 0.25) is 22.7 Å². The number of hydrogen-bond acceptors (Lipinski definition) is 8. The molecule has 0 aromatic heterocycles. The van der Waals surface area contributed by atoms with Crippen LogP contribution in [0.1, 0.15) is 24.5 Å². The lowest BCUT2D eigenvalue weighted by molar-refractivity contribution is -0.153. The third kappa shape index (κ3) is 5.38. The minimum atomic E-state index is -4.05. The van der Waals surface area contributed by atoms with Gasteiger partial charge in [-0.2, -0.15) is 4.72 Å². The highest BCUT2D eigenvalue weighted by molar-refractivity contribution is 7.89. The van der Waals surface area contributed by atoms with Crippen molar-refractivity contribution >= 4 is 38.5 Å². The third-order valence-electron chi connectivity index (χ3n) is 6.78. The van der Waals surface area contributed by atoms with E-state index in [1.165, 1.54) is 17.0 Å². The molecule has 0 bridgehead atoms. The second-order valence-electron chi connectivity index (χ2n) is 9.29. The quantitative estimate of drug-likeness (QED) is 0.206. The average Bonchev–Trinajstić information content (AvgIpc) is 3.51. The molecule has 5 rings (SSSR count). The molecule has 1 fully saturated rings. The van der Waals surface area contributed by atoms with Crippen molar-refractivity contribution in [3.63, 3.8) is 0 Å². The van der Waals surface area contributed by atoms with Gasteiger partial charge in [0.05, 0.1) is 11.5 Å². The van der Waals surface area contributed by atoms with Crippen molar-refractivity contribution in [2.75, 3.05) is 19.9 Å². The van der Waals surface area contributed by atoms with Gasteiger partial charge in [-0.15, -0.1) is 0 Å². The third-order valence-corrected chi connectivity index (χ3v) is 8.25. The number of fused-ring (bicyclic) bond motifs is 2. The summed E-state index contributed by atoms with van der Waals surface area (Å²) in [4.78, 5) is 27.6. The minimum Gasteiger partial charge on any atom is -0.464 e. The van der Waals surface area contributed by atoms with Gasteiger partial charge in [-0.05, 0) is 53.9 Å². The highest BCUT2D eigenvalue weighted by Gasteiger charge is 2.41. The average molecular weight is 553 g/mol. The summed E-state index contributed by atoms with van der Waals surface area (Å²) < 4.78 is 45.0. The second-order valence-corrected chi connectivity index (χ2v) is 11.0. The standard InChI is InChI=1S/C27H28N4O7S/c1-2-36-27(33)22(11-16-3-5-17(6-4-16)25(28)29)31-10-9-21(26(31)32)30-39(34,35)20-8-7-18-13-23-24(38-15-37-23)14-19(18)12-20/h3-8,12-14,21-22,30H,2,9-11,15H2,1H3,(H3,28,29). The Hall–Kier alpha value is -4.16. The van der Waals surface area contributed by atoms with Crippen molar-refractivity contribution in [3.8, 4) is 11.5 Å². The zero-order chi connectivity index (χ0) is 27.7. The zero-order valence-electron chi connectivity index (χ0n) is 21.2. The van der Waals surface area contributed by atoms with E-state index >= 15 is 0 Å². The lowest BCUT2D eigenvalue weighted by atomic mass is 10.0. The molecule has 2 atom stereocenters. The lowest BCUT2D eigenvalue weighted by Gasteiger charge is -2.26. The Labute approximate surface area is 225 Å². The molecule has 12 heteroatoms. The van der Waals surface area contributed by atoms with E-state index in [1.54, 1.807) is 49.4 Å². The highest BCUT2D eigenvalue weighted by Crippen LogP contribution is 2.36. The number of ether oxygens (including phenoxy) is 3. The van der Waals surface area contributed by atoms with Gasteiger partial charge in [-0.3, -0.25) is 10.2 Å². The van der Waals surface area contributed by atoms with Crippen LogP contribution in [0.15, 0.2) is 59.5 Å². The van der Waals surface area contributed by atoms with E-state index in [9.17, 15) is 18.0 Å². The van der Waals surface area contributed by atoms with E-state index in [0.717, 1.165) is 10.9 Å². The SMILES string of the molecule is CCOC(=O)C(Cc1ccc(C(=N)N)cc1)N1CCC(NS(=O)(=O)c2ccc3cc4c(cc3c2)OCO4)C1=O. The molecule has 2 unspecified atom stereocenters. The zero-order valence-corrected chi connectivity index (χ0v) is 22.0. The molecular weight excluding hydrogens is 524 g/mol. The summed E-state index contributed by atoms with van der Waals surface area (Å²) in [5.74, 6) is -0.0169. The maximum absolute atomic E-state index is 13.4. The Morgan fingerprint density at radius 3 is 2.49 bits per heavy atom. The molecular formula is C27H28N4O7S. The highest BCUT2D eigenvalue weighted by atomic mass is 32.2. The molecule has 2 aliphatic rings. The van der Waals surface area contributed by atoms with Gasteiger partial charge in [-0.1, -0.05) is 30.3 Å². The van der Waals surface area contributed by atoms with Crippen LogP contribution in [0.2, 0.25) is 0 Å². The molecule has 2 aliphatic heterocycles. The van der Waals surface area contributed by atoms with Gasteiger partial charge in [0.25, 0.3) is 0 Å². The van der Waals surface area contributed by atoms with Crippen LogP contribution >= 0.6 is 0 Å². The fraction of sp³-hybridized carbons (Fsp3) is 0.296. The Morgan fingerprint density at radius 1 is 1.13 bits per heavy atom. The van der Waals surface area contributed by atoms with E-state index in [1.807, 2.05) is 0 Å². The Morgan fingerprint density at radius 2 is 1.82 bits per heavy atom. The van der Waals surface area contributed by atoms with Crippen molar-refractivity contribution in [2.24, 2.45) is 5.73 Å². The summed E-state index contributed by atoms with van der Waals surface area (Å²) in [6, 6.07) is 13.0. The first-order chi connectivity index (χ1) is 18.7. The molecule has 39 heavy (non-hydrogen) atoms. The van der Waals surface area contributed by atoms with Crippen molar-refractivity contribution in [1.82, 2.24) is 9.62 Å². The number of hydrogen-bond donors (Lipinski definition) is 3. The number of nitrogen functional groups attached to an aromatic ring is 1. The number of sulfonamides is 1. The topological polar surface area (TPSA) is 161 Å². The van der Waals surface area contributed by atoms with Crippen LogP contribution in [0.3, 0.4) is 0 Å². The smallest absolute Gasteiger partial charge is 0.329 e. The summed E-state index contributed by atoms with van der Waals surface area (Å²) >= 11 is 0. The van der Waals surface area contributed by atoms with E-state index < -0.39 is 34.0 Å². The van der Waals surface area contributed by atoms with Gasteiger partial charge in [0, 0.05) is 18.5 Å². The van der Waals surface area contributed by atoms with Gasteiger partial charge in [-0.25, -0.2) is 13.2 Å². The fourth-order valence-corrected chi connectivity index (χ4v) is 6.02. The first-order valence-corrected chi connectivity index (χ1v) is 13.9. The molecule has 11 nitrogen and oxygen atoms in total. The molecule has 0 spiro atoms. The van der Waals surface area contributed by atoms with Crippen LogP contribution in [-0.2, 0) is 30.8 Å². The molecule has 3 aromatic carbocycles. The number of rotatable bonds is 9. The van der Waals surface area contributed by atoms with Gasteiger partial charge < -0.3 is 24.8 Å². The van der Waals surface area contributed by atoms with Gasteiger partial charge in [0.1, 0.15) is 17.9 Å². The number of carbonyl (C=O) groups excluding carboxylic acids is 2. The maximum Gasteiger partial charge on any atom is 0.329 e. The molecule has 0 radical (unpaired) electrons. The molecule has 4 N–H and O–H groups in total. The first-order valence-electron chi connectivity index (χ1n) is 12.4. The number of benzene rings is 3. The molecule has 0 saturated carbocycles. The Bertz CT molecular complexity index is 1560.